The van der Waals surface area contributed by atoms with Crippen molar-refractivity contribution in [1.29, 1.82) is 0 Å². The second kappa shape index (κ2) is 9.19. The first-order valence-corrected chi connectivity index (χ1v) is 7.74. The summed E-state index contributed by atoms with van der Waals surface area (Å²) < 4.78 is 40.3. The summed E-state index contributed by atoms with van der Waals surface area (Å²) in [5, 5.41) is 2.93. The maximum absolute atomic E-state index is 11.9. The summed E-state index contributed by atoms with van der Waals surface area (Å²) in [6.07, 6.45) is -2.80. The molecule has 1 saturated heterocycles. The van der Waals surface area contributed by atoms with E-state index in [0.29, 0.717) is 26.1 Å². The van der Waals surface area contributed by atoms with Gasteiger partial charge in [-0.15, -0.1) is 0 Å². The number of hydrogen-bond donors (Lipinski definition) is 1. The molecule has 0 aliphatic carbocycles. The average Bonchev–Trinajstić information content (AvgIpc) is 2.46. The summed E-state index contributed by atoms with van der Waals surface area (Å²) in [5.41, 5.74) is 0. The number of carbonyl (C=O) groups is 1. The highest BCUT2D eigenvalue weighted by Gasteiger charge is 2.27. The van der Waals surface area contributed by atoms with Gasteiger partial charge in [-0.3, -0.25) is 4.90 Å². The molecule has 5 nitrogen and oxygen atoms in total. The number of nitrogens with zero attached hydrogens (tertiary/aromatic N) is 2. The molecule has 1 aliphatic rings. The minimum atomic E-state index is -4.26. The van der Waals surface area contributed by atoms with E-state index in [9.17, 15) is 18.0 Å². The predicted molar refractivity (Wildman–Crippen MR) is 77.8 cm³/mol. The maximum Gasteiger partial charge on any atom is 0.411 e. The normalized spacial score (nSPS) is 18.3. The highest BCUT2D eigenvalue weighted by molar-refractivity contribution is 5.74. The van der Waals surface area contributed by atoms with Crippen LogP contribution >= 0.6 is 0 Å². The van der Waals surface area contributed by atoms with E-state index in [-0.39, 0.29) is 18.7 Å². The van der Waals surface area contributed by atoms with Crippen molar-refractivity contribution in [2.75, 3.05) is 45.9 Å². The molecule has 1 heterocycles. The number of ether oxygens (including phenoxy) is 1. The van der Waals surface area contributed by atoms with Crippen LogP contribution in [-0.4, -0.2) is 74.0 Å². The Bertz CT molecular complexity index is 332. The molecule has 1 atom stereocenters. The molecule has 0 bridgehead atoms. The lowest BCUT2D eigenvalue weighted by molar-refractivity contribution is -0.174. The van der Waals surface area contributed by atoms with Crippen LogP contribution in [0.2, 0.25) is 0 Å². The number of alkyl halides is 3. The van der Waals surface area contributed by atoms with Gasteiger partial charge in [-0.25, -0.2) is 4.79 Å². The molecule has 1 N–H and O–H groups in total. The van der Waals surface area contributed by atoms with Gasteiger partial charge in [0.25, 0.3) is 0 Å². The van der Waals surface area contributed by atoms with Crippen LogP contribution in [-0.2, 0) is 4.74 Å². The molecule has 0 aromatic heterocycles. The van der Waals surface area contributed by atoms with Crippen LogP contribution in [0, 0.1) is 0 Å². The molecule has 0 aromatic carbocycles. The Kier molecular flexibility index (Phi) is 7.95. The lowest BCUT2D eigenvalue weighted by Gasteiger charge is -2.35. The van der Waals surface area contributed by atoms with E-state index < -0.39 is 12.8 Å². The topological polar surface area (TPSA) is 44.8 Å². The van der Waals surface area contributed by atoms with Crippen LogP contribution in [0.1, 0.15) is 26.7 Å². The van der Waals surface area contributed by atoms with Crippen LogP contribution in [0.3, 0.4) is 0 Å². The Balaban J connectivity index is 2.11. The Morgan fingerprint density at radius 2 is 1.91 bits per heavy atom. The standard InChI is InChI=1S/C14H26F3N3O2/c1-3-12(2)18-13(21)20-8-6-19(7-9-20)5-4-10-22-11-14(15,16)17/h12H,3-11H2,1-2H3,(H,18,21). The molecule has 130 valence electrons. The van der Waals surface area contributed by atoms with Gasteiger partial charge in [0, 0.05) is 45.4 Å². The number of nitrogens with one attached hydrogen (secondary N) is 1. The van der Waals surface area contributed by atoms with E-state index in [1.165, 1.54) is 0 Å². The van der Waals surface area contributed by atoms with E-state index in [2.05, 4.69) is 15.0 Å². The van der Waals surface area contributed by atoms with Crippen LogP contribution in [0.25, 0.3) is 0 Å². The molecule has 1 rings (SSSR count). The molecule has 0 aromatic rings. The Morgan fingerprint density at radius 3 is 2.45 bits per heavy atom. The highest BCUT2D eigenvalue weighted by Crippen LogP contribution is 2.14. The summed E-state index contributed by atoms with van der Waals surface area (Å²) >= 11 is 0. The van der Waals surface area contributed by atoms with Crippen LogP contribution in [0.5, 0.6) is 0 Å². The van der Waals surface area contributed by atoms with Crippen molar-refractivity contribution in [3.05, 3.63) is 0 Å². The van der Waals surface area contributed by atoms with Gasteiger partial charge >= 0.3 is 12.2 Å². The summed E-state index contributed by atoms with van der Waals surface area (Å²) in [5.74, 6) is 0. The molecule has 0 spiro atoms. The van der Waals surface area contributed by atoms with Crippen molar-refractivity contribution in [3.8, 4) is 0 Å². The Morgan fingerprint density at radius 1 is 1.27 bits per heavy atom. The number of hydrogen-bond acceptors (Lipinski definition) is 3. The minimum Gasteiger partial charge on any atom is -0.372 e. The van der Waals surface area contributed by atoms with Gasteiger partial charge in [-0.1, -0.05) is 6.92 Å². The zero-order valence-electron chi connectivity index (χ0n) is 13.3. The molecular weight excluding hydrogens is 299 g/mol. The van der Waals surface area contributed by atoms with Crippen LogP contribution in [0.4, 0.5) is 18.0 Å². The second-order valence-electron chi connectivity index (χ2n) is 5.61. The lowest BCUT2D eigenvalue weighted by Crippen LogP contribution is -2.53. The van der Waals surface area contributed by atoms with Gasteiger partial charge in [-0.2, -0.15) is 13.2 Å². The van der Waals surface area contributed by atoms with Gasteiger partial charge < -0.3 is 15.0 Å². The fourth-order valence-electron chi connectivity index (χ4n) is 2.16. The predicted octanol–water partition coefficient (Wildman–Crippen LogP) is 2.08. The molecular formula is C14H26F3N3O2. The van der Waals surface area contributed by atoms with Gasteiger partial charge in [0.05, 0.1) is 0 Å². The Labute approximate surface area is 129 Å². The van der Waals surface area contributed by atoms with E-state index in [4.69, 9.17) is 0 Å². The molecule has 8 heteroatoms. The number of urea groups is 1. The number of carbonyl (C=O) groups excluding carboxylic acids is 1. The third-order valence-corrected chi connectivity index (χ3v) is 3.67. The van der Waals surface area contributed by atoms with Gasteiger partial charge in [0.15, 0.2) is 0 Å². The van der Waals surface area contributed by atoms with Crippen molar-refractivity contribution in [2.24, 2.45) is 0 Å². The first kappa shape index (κ1) is 19.0. The summed E-state index contributed by atoms with van der Waals surface area (Å²) in [7, 11) is 0. The number of halogens is 3. The molecule has 1 fully saturated rings. The smallest absolute Gasteiger partial charge is 0.372 e. The average molecular weight is 325 g/mol. The largest absolute Gasteiger partial charge is 0.411 e. The number of amides is 2. The number of piperazine rings is 1. The third-order valence-electron chi connectivity index (χ3n) is 3.67. The van der Waals surface area contributed by atoms with Crippen LogP contribution < -0.4 is 5.32 Å². The summed E-state index contributed by atoms with van der Waals surface area (Å²) in [6, 6.07) is 0.124. The summed E-state index contributed by atoms with van der Waals surface area (Å²) in [6.45, 7) is 6.38. The first-order chi connectivity index (χ1) is 10.3. The quantitative estimate of drug-likeness (QED) is 0.729. The van der Waals surface area contributed by atoms with E-state index in [1.54, 1.807) is 4.90 Å². The highest BCUT2D eigenvalue weighted by atomic mass is 19.4. The van der Waals surface area contributed by atoms with Crippen molar-refractivity contribution >= 4 is 6.03 Å². The van der Waals surface area contributed by atoms with E-state index in [1.807, 2.05) is 13.8 Å². The molecule has 1 unspecified atom stereocenters. The maximum atomic E-state index is 11.9. The molecule has 0 radical (unpaired) electrons. The first-order valence-electron chi connectivity index (χ1n) is 7.74. The molecule has 1 aliphatic heterocycles. The van der Waals surface area contributed by atoms with Crippen molar-refractivity contribution in [1.82, 2.24) is 15.1 Å². The lowest BCUT2D eigenvalue weighted by atomic mass is 10.2. The zero-order chi connectivity index (χ0) is 16.6. The molecule has 22 heavy (non-hydrogen) atoms. The van der Waals surface area contributed by atoms with Crippen molar-refractivity contribution in [3.63, 3.8) is 0 Å². The van der Waals surface area contributed by atoms with Crippen molar-refractivity contribution in [2.45, 2.75) is 38.9 Å². The molecule has 2 amide bonds. The van der Waals surface area contributed by atoms with Crippen molar-refractivity contribution < 1.29 is 22.7 Å². The SMILES string of the molecule is CCC(C)NC(=O)N1CCN(CCCOCC(F)(F)F)CC1. The number of rotatable bonds is 7. The fraction of sp³-hybridized carbons (Fsp3) is 0.929. The van der Waals surface area contributed by atoms with E-state index in [0.717, 1.165) is 19.5 Å². The fourth-order valence-corrected chi connectivity index (χ4v) is 2.16. The molecule has 0 saturated carbocycles. The Hall–Kier alpha value is -1.02. The second-order valence-corrected chi connectivity index (χ2v) is 5.61. The minimum absolute atomic E-state index is 0.0393. The van der Waals surface area contributed by atoms with Crippen LogP contribution in [0.15, 0.2) is 0 Å². The van der Waals surface area contributed by atoms with Gasteiger partial charge in [0.1, 0.15) is 6.61 Å². The van der Waals surface area contributed by atoms with Gasteiger partial charge in [0.2, 0.25) is 0 Å². The zero-order valence-corrected chi connectivity index (χ0v) is 13.3. The summed E-state index contributed by atoms with van der Waals surface area (Å²) in [4.78, 5) is 15.9. The third kappa shape index (κ3) is 7.84. The van der Waals surface area contributed by atoms with Gasteiger partial charge in [-0.05, 0) is 19.8 Å². The van der Waals surface area contributed by atoms with E-state index >= 15 is 0 Å². The monoisotopic (exact) mass is 325 g/mol.